The number of carbonyl (C=O) groups excluding carboxylic acids is 1. The summed E-state index contributed by atoms with van der Waals surface area (Å²) in [6, 6.07) is 1.96. The maximum atomic E-state index is 12.3. The molecule has 1 amide bonds. The molecule has 0 fully saturated rings. The fourth-order valence-electron chi connectivity index (χ4n) is 2.13. The van der Waals surface area contributed by atoms with Crippen molar-refractivity contribution in [2.45, 2.75) is 20.8 Å². The van der Waals surface area contributed by atoms with Crippen molar-refractivity contribution in [3.05, 3.63) is 16.6 Å². The van der Waals surface area contributed by atoms with Crippen LogP contribution in [0.15, 0.2) is 6.07 Å². The molecule has 18 heavy (non-hydrogen) atoms. The van der Waals surface area contributed by atoms with E-state index in [9.17, 15) is 4.79 Å². The second-order valence-corrected chi connectivity index (χ2v) is 6.15. The van der Waals surface area contributed by atoms with Gasteiger partial charge < -0.3 is 4.90 Å². The largest absolute Gasteiger partial charge is 0.341 e. The summed E-state index contributed by atoms with van der Waals surface area (Å²) in [5.41, 5.74) is 0.981. The lowest BCUT2D eigenvalue weighted by atomic mass is 10.2. The average molecular weight is 265 g/mol. The van der Waals surface area contributed by atoms with Crippen LogP contribution in [0.25, 0.3) is 10.2 Å². The molecule has 0 bridgehead atoms. The minimum atomic E-state index is 0.101. The number of rotatable bonds is 3. The van der Waals surface area contributed by atoms with Gasteiger partial charge >= 0.3 is 0 Å². The molecule has 2 aromatic heterocycles. The quantitative estimate of drug-likeness (QED) is 0.855. The Labute approximate surface area is 111 Å². The van der Waals surface area contributed by atoms with E-state index < -0.39 is 0 Å². The summed E-state index contributed by atoms with van der Waals surface area (Å²) in [6.45, 7) is 6.98. The Morgan fingerprint density at radius 3 is 2.78 bits per heavy atom. The summed E-state index contributed by atoms with van der Waals surface area (Å²) in [5.74, 6) is 0.584. The molecule has 0 aliphatic heterocycles. The van der Waals surface area contributed by atoms with Crippen molar-refractivity contribution in [3.63, 3.8) is 0 Å². The topological polar surface area (TPSA) is 38.1 Å². The third-order valence-electron chi connectivity index (χ3n) is 2.89. The zero-order valence-corrected chi connectivity index (χ0v) is 12.3. The van der Waals surface area contributed by atoms with Gasteiger partial charge in [0.05, 0.1) is 10.6 Å². The van der Waals surface area contributed by atoms with E-state index in [-0.39, 0.29) is 5.91 Å². The molecule has 0 unspecified atom stereocenters. The summed E-state index contributed by atoms with van der Waals surface area (Å²) in [5, 5.41) is 5.43. The van der Waals surface area contributed by atoms with Gasteiger partial charge in [0.15, 0.2) is 0 Å². The number of thiophene rings is 1. The minimum Gasteiger partial charge on any atom is -0.341 e. The van der Waals surface area contributed by atoms with Crippen LogP contribution in [0.3, 0.4) is 0 Å². The molecule has 5 heteroatoms. The number of hydrogen-bond donors (Lipinski definition) is 0. The molecule has 2 heterocycles. The van der Waals surface area contributed by atoms with E-state index in [1.54, 1.807) is 4.90 Å². The molecule has 0 aromatic carbocycles. The van der Waals surface area contributed by atoms with Crippen molar-refractivity contribution in [3.8, 4) is 0 Å². The van der Waals surface area contributed by atoms with Crippen LogP contribution >= 0.6 is 11.3 Å². The Morgan fingerprint density at radius 2 is 2.22 bits per heavy atom. The second-order valence-electron chi connectivity index (χ2n) is 5.12. The average Bonchev–Trinajstić information content (AvgIpc) is 2.80. The van der Waals surface area contributed by atoms with Gasteiger partial charge in [-0.1, -0.05) is 13.8 Å². The number of aromatic nitrogens is 2. The smallest absolute Gasteiger partial charge is 0.263 e. The van der Waals surface area contributed by atoms with Gasteiger partial charge in [-0.15, -0.1) is 11.3 Å². The standard InChI is InChI=1S/C13H19N3OS/c1-8(2)7-15(4)12(17)11-6-10-9(3)14-16(5)13(10)18-11/h6,8H,7H2,1-5H3. The van der Waals surface area contributed by atoms with Crippen LogP contribution in [-0.2, 0) is 7.05 Å². The van der Waals surface area contributed by atoms with Crippen molar-refractivity contribution in [1.82, 2.24) is 14.7 Å². The molecule has 0 radical (unpaired) electrons. The van der Waals surface area contributed by atoms with E-state index >= 15 is 0 Å². The zero-order valence-electron chi connectivity index (χ0n) is 11.5. The Morgan fingerprint density at radius 1 is 1.56 bits per heavy atom. The van der Waals surface area contributed by atoms with Gasteiger partial charge in [-0.25, -0.2) is 0 Å². The predicted octanol–water partition coefficient (Wildman–Crippen LogP) is 2.67. The van der Waals surface area contributed by atoms with Crippen molar-refractivity contribution < 1.29 is 4.79 Å². The molecule has 0 aliphatic carbocycles. The van der Waals surface area contributed by atoms with Gasteiger partial charge in [0.1, 0.15) is 4.83 Å². The molecule has 0 saturated heterocycles. The first-order chi connectivity index (χ1) is 8.40. The van der Waals surface area contributed by atoms with Crippen LogP contribution < -0.4 is 0 Å². The third kappa shape index (κ3) is 2.27. The number of fused-ring (bicyclic) bond motifs is 1. The molecule has 4 nitrogen and oxygen atoms in total. The van der Waals surface area contributed by atoms with E-state index in [4.69, 9.17) is 0 Å². The number of hydrogen-bond acceptors (Lipinski definition) is 3. The molecular formula is C13H19N3OS. The van der Waals surface area contributed by atoms with E-state index in [1.165, 1.54) is 11.3 Å². The molecule has 0 spiro atoms. The highest BCUT2D eigenvalue weighted by Crippen LogP contribution is 2.28. The Balaban J connectivity index is 2.31. The lowest BCUT2D eigenvalue weighted by molar-refractivity contribution is 0.0784. The van der Waals surface area contributed by atoms with Crippen LogP contribution in [0.4, 0.5) is 0 Å². The lowest BCUT2D eigenvalue weighted by Gasteiger charge is -2.18. The number of carbonyl (C=O) groups is 1. The first-order valence-electron chi connectivity index (χ1n) is 6.08. The Bertz CT molecular complexity index is 548. The van der Waals surface area contributed by atoms with Crippen molar-refractivity contribution in [1.29, 1.82) is 0 Å². The minimum absolute atomic E-state index is 0.101. The van der Waals surface area contributed by atoms with Crippen LogP contribution in [-0.4, -0.2) is 34.2 Å². The molecule has 0 atom stereocenters. The van der Waals surface area contributed by atoms with Gasteiger partial charge in [0, 0.05) is 26.0 Å². The van der Waals surface area contributed by atoms with E-state index in [0.29, 0.717) is 5.92 Å². The third-order valence-corrected chi connectivity index (χ3v) is 4.08. The Kier molecular flexibility index (Phi) is 3.43. The lowest BCUT2D eigenvalue weighted by Crippen LogP contribution is -2.29. The second kappa shape index (κ2) is 4.72. The first-order valence-corrected chi connectivity index (χ1v) is 6.90. The summed E-state index contributed by atoms with van der Waals surface area (Å²) >= 11 is 1.52. The van der Waals surface area contributed by atoms with Crippen LogP contribution in [0.1, 0.15) is 29.2 Å². The molecule has 2 aromatic rings. The molecule has 98 valence electrons. The van der Waals surface area contributed by atoms with Crippen molar-refractivity contribution in [2.24, 2.45) is 13.0 Å². The highest BCUT2D eigenvalue weighted by molar-refractivity contribution is 7.20. The molecule has 0 aliphatic rings. The number of amides is 1. The highest BCUT2D eigenvalue weighted by Gasteiger charge is 2.18. The van der Waals surface area contributed by atoms with Gasteiger partial charge in [-0.05, 0) is 18.9 Å². The number of aryl methyl sites for hydroxylation is 2. The molecule has 2 rings (SSSR count). The summed E-state index contributed by atoms with van der Waals surface area (Å²) in [7, 11) is 3.77. The van der Waals surface area contributed by atoms with Crippen LogP contribution in [0.5, 0.6) is 0 Å². The van der Waals surface area contributed by atoms with E-state index in [0.717, 1.165) is 27.3 Å². The highest BCUT2D eigenvalue weighted by atomic mass is 32.1. The van der Waals surface area contributed by atoms with Crippen LogP contribution in [0.2, 0.25) is 0 Å². The number of nitrogens with zero attached hydrogens (tertiary/aromatic N) is 3. The Hall–Kier alpha value is -1.36. The first kappa shape index (κ1) is 13.1. The monoisotopic (exact) mass is 265 g/mol. The SMILES string of the molecule is Cc1nn(C)c2sc(C(=O)N(C)CC(C)C)cc12. The summed E-state index contributed by atoms with van der Waals surface area (Å²) in [4.78, 5) is 15.9. The van der Waals surface area contributed by atoms with Gasteiger partial charge in [0.25, 0.3) is 5.91 Å². The maximum Gasteiger partial charge on any atom is 0.263 e. The van der Waals surface area contributed by atoms with Gasteiger partial charge in [-0.3, -0.25) is 9.48 Å². The summed E-state index contributed by atoms with van der Waals surface area (Å²) in [6.07, 6.45) is 0. The fraction of sp³-hybridized carbons (Fsp3) is 0.538. The molecule has 0 N–H and O–H groups in total. The van der Waals surface area contributed by atoms with E-state index in [1.807, 2.05) is 31.8 Å². The molecule has 0 saturated carbocycles. The van der Waals surface area contributed by atoms with Gasteiger partial charge in [-0.2, -0.15) is 5.10 Å². The fourth-order valence-corrected chi connectivity index (χ4v) is 3.25. The van der Waals surface area contributed by atoms with Gasteiger partial charge in [0.2, 0.25) is 0 Å². The van der Waals surface area contributed by atoms with Crippen molar-refractivity contribution in [2.75, 3.05) is 13.6 Å². The maximum absolute atomic E-state index is 12.3. The molecular weight excluding hydrogens is 246 g/mol. The van der Waals surface area contributed by atoms with Crippen LogP contribution in [0, 0.1) is 12.8 Å². The van der Waals surface area contributed by atoms with Crippen molar-refractivity contribution >= 4 is 27.5 Å². The normalized spacial score (nSPS) is 11.4. The zero-order chi connectivity index (χ0) is 13.4. The summed E-state index contributed by atoms with van der Waals surface area (Å²) < 4.78 is 1.84. The van der Waals surface area contributed by atoms with E-state index in [2.05, 4.69) is 18.9 Å². The predicted molar refractivity (Wildman–Crippen MR) is 75.1 cm³/mol.